The maximum atomic E-state index is 6.20. The summed E-state index contributed by atoms with van der Waals surface area (Å²) in [4.78, 5) is 5.12. The fraction of sp³-hybridized carbons (Fsp3) is 0. The molecule has 0 radical (unpaired) electrons. The minimum atomic E-state index is 0.727. The summed E-state index contributed by atoms with van der Waals surface area (Å²) in [6, 6.07) is 39.7. The molecule has 6 rings (SSSR count). The molecule has 0 aliphatic heterocycles. The van der Waals surface area contributed by atoms with Crippen molar-refractivity contribution in [3.05, 3.63) is 120 Å². The van der Waals surface area contributed by atoms with E-state index in [1.807, 2.05) is 30.3 Å². The number of hydrogen-bond acceptors (Lipinski definition) is 1. The average Bonchev–Trinajstić information content (AvgIpc) is 3.24. The van der Waals surface area contributed by atoms with E-state index in [1.54, 1.807) is 0 Å². The van der Waals surface area contributed by atoms with E-state index in [1.165, 1.54) is 0 Å². The van der Waals surface area contributed by atoms with Crippen molar-refractivity contribution in [3.63, 3.8) is 0 Å². The number of benzene rings is 4. The lowest BCUT2D eigenvalue weighted by atomic mass is 9.93. The van der Waals surface area contributed by atoms with Crippen LogP contribution in [0.3, 0.4) is 0 Å². The molecule has 152 valence electrons. The molecule has 0 unspecified atom stereocenters. The van der Waals surface area contributed by atoms with E-state index < -0.39 is 0 Å². The standard InChI is InChI=1S/C29H19ClN2/c30-23-17-15-21(16-18-23)27-19-24(20-9-3-1-4-10-20)28(22-11-5-2-6-12-22)29-31-25-13-7-8-14-26(25)32(27)29/h1-19H. The molecule has 2 aromatic heterocycles. The van der Waals surface area contributed by atoms with Gasteiger partial charge in [0.2, 0.25) is 0 Å². The van der Waals surface area contributed by atoms with Gasteiger partial charge in [0.15, 0.2) is 0 Å². The molecule has 0 amide bonds. The molecule has 3 heteroatoms. The van der Waals surface area contributed by atoms with E-state index >= 15 is 0 Å². The predicted octanol–water partition coefficient (Wildman–Crippen LogP) is 8.14. The number of aromatic nitrogens is 2. The fourth-order valence-corrected chi connectivity index (χ4v) is 4.53. The van der Waals surface area contributed by atoms with Gasteiger partial charge in [-0.3, -0.25) is 4.40 Å². The van der Waals surface area contributed by atoms with Crippen molar-refractivity contribution < 1.29 is 0 Å². The minimum Gasteiger partial charge on any atom is -0.292 e. The lowest BCUT2D eigenvalue weighted by molar-refractivity contribution is 1.23. The summed E-state index contributed by atoms with van der Waals surface area (Å²) in [5.74, 6) is 0. The van der Waals surface area contributed by atoms with Gasteiger partial charge in [-0.05, 0) is 52.6 Å². The van der Waals surface area contributed by atoms with Gasteiger partial charge in [-0.15, -0.1) is 0 Å². The first kappa shape index (κ1) is 18.9. The first-order valence-electron chi connectivity index (χ1n) is 10.6. The van der Waals surface area contributed by atoms with E-state index in [-0.39, 0.29) is 0 Å². The Balaban J connectivity index is 1.82. The van der Waals surface area contributed by atoms with Crippen LogP contribution in [0.5, 0.6) is 0 Å². The molecular weight excluding hydrogens is 412 g/mol. The van der Waals surface area contributed by atoms with Crippen molar-refractivity contribution in [2.24, 2.45) is 0 Å². The van der Waals surface area contributed by atoms with Crippen LogP contribution >= 0.6 is 11.6 Å². The number of nitrogens with zero attached hydrogens (tertiary/aromatic N) is 2. The molecule has 4 aromatic carbocycles. The highest BCUT2D eigenvalue weighted by Crippen LogP contribution is 2.40. The number of halogens is 1. The highest BCUT2D eigenvalue weighted by molar-refractivity contribution is 6.30. The molecule has 0 N–H and O–H groups in total. The lowest BCUT2D eigenvalue weighted by Gasteiger charge is -2.17. The molecule has 0 saturated heterocycles. The Morgan fingerprint density at radius 2 is 1.22 bits per heavy atom. The fourth-order valence-electron chi connectivity index (χ4n) is 4.40. The Morgan fingerprint density at radius 1 is 0.594 bits per heavy atom. The topological polar surface area (TPSA) is 17.3 Å². The van der Waals surface area contributed by atoms with Gasteiger partial charge in [0.1, 0.15) is 5.65 Å². The smallest absolute Gasteiger partial charge is 0.146 e. The SMILES string of the molecule is Clc1ccc(-c2cc(-c3ccccc3)c(-c3ccccc3)c3nc4ccccc4n23)cc1. The summed E-state index contributed by atoms with van der Waals surface area (Å²) >= 11 is 6.20. The number of fused-ring (bicyclic) bond motifs is 3. The minimum absolute atomic E-state index is 0.727. The van der Waals surface area contributed by atoms with Crippen LogP contribution in [0, 0.1) is 0 Å². The first-order valence-corrected chi connectivity index (χ1v) is 11.0. The van der Waals surface area contributed by atoms with Gasteiger partial charge in [-0.1, -0.05) is 96.5 Å². The second-order valence-corrected chi connectivity index (χ2v) is 8.25. The molecular formula is C29H19ClN2. The van der Waals surface area contributed by atoms with E-state index in [0.717, 1.165) is 55.2 Å². The Hall–Kier alpha value is -3.88. The monoisotopic (exact) mass is 430 g/mol. The van der Waals surface area contributed by atoms with E-state index in [2.05, 4.69) is 89.3 Å². The second kappa shape index (κ2) is 7.67. The maximum absolute atomic E-state index is 6.20. The summed E-state index contributed by atoms with van der Waals surface area (Å²) in [6.45, 7) is 0. The van der Waals surface area contributed by atoms with Gasteiger partial charge in [0.25, 0.3) is 0 Å². The van der Waals surface area contributed by atoms with Crippen molar-refractivity contribution in [2.75, 3.05) is 0 Å². The largest absolute Gasteiger partial charge is 0.292 e. The second-order valence-electron chi connectivity index (χ2n) is 7.82. The van der Waals surface area contributed by atoms with Crippen molar-refractivity contribution in [3.8, 4) is 33.5 Å². The normalized spacial score (nSPS) is 11.3. The molecule has 2 heterocycles. The van der Waals surface area contributed by atoms with Crippen LogP contribution in [0.25, 0.3) is 50.2 Å². The van der Waals surface area contributed by atoms with Crippen molar-refractivity contribution in [2.45, 2.75) is 0 Å². The highest BCUT2D eigenvalue weighted by atomic mass is 35.5. The van der Waals surface area contributed by atoms with Crippen LogP contribution < -0.4 is 0 Å². The molecule has 0 spiro atoms. The number of imidazole rings is 1. The van der Waals surface area contributed by atoms with Crippen LogP contribution in [0.4, 0.5) is 0 Å². The summed E-state index contributed by atoms with van der Waals surface area (Å²) < 4.78 is 2.27. The van der Waals surface area contributed by atoms with Crippen LogP contribution in [0.1, 0.15) is 0 Å². The third kappa shape index (κ3) is 3.08. The van der Waals surface area contributed by atoms with Crippen molar-refractivity contribution in [1.82, 2.24) is 9.38 Å². The summed E-state index contributed by atoms with van der Waals surface area (Å²) in [5.41, 5.74) is 9.79. The van der Waals surface area contributed by atoms with E-state index in [4.69, 9.17) is 16.6 Å². The van der Waals surface area contributed by atoms with Gasteiger partial charge < -0.3 is 0 Å². The number of hydrogen-bond donors (Lipinski definition) is 0. The molecule has 2 nitrogen and oxygen atoms in total. The van der Waals surface area contributed by atoms with E-state index in [9.17, 15) is 0 Å². The Labute approximate surface area is 191 Å². The summed E-state index contributed by atoms with van der Waals surface area (Å²) in [6.07, 6.45) is 0. The molecule has 0 atom stereocenters. The van der Waals surface area contributed by atoms with Crippen LogP contribution in [0.15, 0.2) is 115 Å². The van der Waals surface area contributed by atoms with Gasteiger partial charge in [-0.2, -0.15) is 0 Å². The van der Waals surface area contributed by atoms with E-state index in [0.29, 0.717) is 0 Å². The molecule has 0 bridgehead atoms. The van der Waals surface area contributed by atoms with Crippen LogP contribution in [-0.4, -0.2) is 9.38 Å². The maximum Gasteiger partial charge on any atom is 0.146 e. The van der Waals surface area contributed by atoms with Crippen molar-refractivity contribution >= 4 is 28.3 Å². The quantitative estimate of drug-likeness (QED) is 0.277. The van der Waals surface area contributed by atoms with Gasteiger partial charge in [0, 0.05) is 10.6 Å². The molecule has 0 aliphatic rings. The van der Waals surface area contributed by atoms with Gasteiger partial charge >= 0.3 is 0 Å². The number of para-hydroxylation sites is 2. The number of rotatable bonds is 3. The Bertz CT molecular complexity index is 1550. The zero-order valence-electron chi connectivity index (χ0n) is 17.2. The summed E-state index contributed by atoms with van der Waals surface area (Å²) in [7, 11) is 0. The molecule has 32 heavy (non-hydrogen) atoms. The van der Waals surface area contributed by atoms with Gasteiger partial charge in [-0.25, -0.2) is 4.98 Å². The number of pyridine rings is 1. The van der Waals surface area contributed by atoms with Crippen LogP contribution in [-0.2, 0) is 0 Å². The molecule has 0 fully saturated rings. The predicted molar refractivity (Wildman–Crippen MR) is 134 cm³/mol. The first-order chi connectivity index (χ1) is 15.8. The molecule has 6 aromatic rings. The molecule has 0 aliphatic carbocycles. The van der Waals surface area contributed by atoms with Crippen molar-refractivity contribution in [1.29, 1.82) is 0 Å². The molecule has 0 saturated carbocycles. The Morgan fingerprint density at radius 3 is 1.94 bits per heavy atom. The third-order valence-electron chi connectivity index (χ3n) is 5.86. The summed E-state index contributed by atoms with van der Waals surface area (Å²) in [5, 5.41) is 0.727. The lowest BCUT2D eigenvalue weighted by Crippen LogP contribution is -1.98. The average molecular weight is 431 g/mol. The third-order valence-corrected chi connectivity index (χ3v) is 6.11. The highest BCUT2D eigenvalue weighted by Gasteiger charge is 2.20. The Kier molecular flexibility index (Phi) is 4.52. The zero-order chi connectivity index (χ0) is 21.5. The van der Waals surface area contributed by atoms with Crippen LogP contribution in [0.2, 0.25) is 5.02 Å². The zero-order valence-corrected chi connectivity index (χ0v) is 18.0. The van der Waals surface area contributed by atoms with Gasteiger partial charge in [0.05, 0.1) is 16.7 Å².